The molecule has 1 heterocycles. The van der Waals surface area contributed by atoms with Crippen LogP contribution < -0.4 is 0 Å². The van der Waals surface area contributed by atoms with Gasteiger partial charge in [-0.15, -0.1) is 0 Å². The molecule has 1 N–H and O–H groups in total. The summed E-state index contributed by atoms with van der Waals surface area (Å²) < 4.78 is 30.6. The van der Waals surface area contributed by atoms with Gasteiger partial charge in [0.25, 0.3) is 5.89 Å². The first-order valence-corrected chi connectivity index (χ1v) is 4.64. The van der Waals surface area contributed by atoms with Crippen LogP contribution in [0.4, 0.5) is 8.78 Å². The van der Waals surface area contributed by atoms with Crippen molar-refractivity contribution in [3.05, 3.63) is 42.5 Å². The van der Waals surface area contributed by atoms with Crippen LogP contribution in [0.3, 0.4) is 0 Å². The largest absolute Gasteiger partial charge is 0.476 e. The maximum absolute atomic E-state index is 13.1. The molecule has 4 nitrogen and oxygen atoms in total. The number of oxazole rings is 1. The molecule has 0 unspecified atom stereocenters. The fraction of sp³-hybridized carbons (Fsp3) is 0.0909. The number of hydrogen-bond acceptors (Lipinski definition) is 3. The lowest BCUT2D eigenvalue weighted by atomic mass is 10.2. The van der Waals surface area contributed by atoms with E-state index in [2.05, 4.69) is 9.40 Å². The molecule has 0 fully saturated rings. The number of carbonyl (C=O) groups is 1. The van der Waals surface area contributed by atoms with E-state index in [0.29, 0.717) is 5.56 Å². The van der Waals surface area contributed by atoms with Crippen molar-refractivity contribution in [2.24, 2.45) is 0 Å². The maximum atomic E-state index is 13.1. The smallest absolute Gasteiger partial charge is 0.416 e. The number of carboxylic acid groups (broad SMARTS) is 1. The summed E-state index contributed by atoms with van der Waals surface area (Å²) in [5, 5.41) is 8.32. The van der Waals surface area contributed by atoms with E-state index in [1.807, 2.05) is 0 Å². The van der Waals surface area contributed by atoms with Gasteiger partial charge in [-0.05, 0) is 0 Å². The molecule has 0 aliphatic carbocycles. The molecule has 0 radical (unpaired) electrons. The quantitative estimate of drug-likeness (QED) is 0.893. The summed E-state index contributed by atoms with van der Waals surface area (Å²) in [6.45, 7) is 0. The lowest BCUT2D eigenvalue weighted by molar-refractivity contribution is -0.169. The molecule has 0 amide bonds. The minimum absolute atomic E-state index is 0.168. The van der Waals surface area contributed by atoms with Gasteiger partial charge in [0.1, 0.15) is 12.0 Å². The van der Waals surface area contributed by atoms with Crippen LogP contribution in [0.15, 0.2) is 41.0 Å². The van der Waals surface area contributed by atoms with Crippen molar-refractivity contribution in [3.8, 4) is 11.3 Å². The Labute approximate surface area is 94.5 Å². The Morgan fingerprint density at radius 2 is 1.94 bits per heavy atom. The monoisotopic (exact) mass is 239 g/mol. The first-order chi connectivity index (χ1) is 8.01. The highest BCUT2D eigenvalue weighted by atomic mass is 19.3. The van der Waals surface area contributed by atoms with Crippen molar-refractivity contribution in [2.45, 2.75) is 5.92 Å². The number of aromatic nitrogens is 1. The molecule has 0 atom stereocenters. The molecule has 88 valence electrons. The molecule has 17 heavy (non-hydrogen) atoms. The van der Waals surface area contributed by atoms with Gasteiger partial charge in [0.15, 0.2) is 0 Å². The number of carboxylic acids is 1. The van der Waals surface area contributed by atoms with E-state index in [9.17, 15) is 13.6 Å². The van der Waals surface area contributed by atoms with E-state index < -0.39 is 17.8 Å². The van der Waals surface area contributed by atoms with Gasteiger partial charge in [-0.1, -0.05) is 30.3 Å². The first-order valence-electron chi connectivity index (χ1n) is 4.64. The molecule has 0 aliphatic rings. The molecule has 1 aromatic carbocycles. The second-order valence-electron chi connectivity index (χ2n) is 3.28. The van der Waals surface area contributed by atoms with Crippen molar-refractivity contribution in [3.63, 3.8) is 0 Å². The Morgan fingerprint density at radius 3 is 2.53 bits per heavy atom. The molecular formula is C11H7F2NO3. The van der Waals surface area contributed by atoms with Crippen LogP contribution in [-0.2, 0) is 10.7 Å². The van der Waals surface area contributed by atoms with E-state index >= 15 is 0 Å². The number of hydrogen-bond donors (Lipinski definition) is 1. The number of aliphatic carboxylic acids is 1. The van der Waals surface area contributed by atoms with Gasteiger partial charge in [-0.3, -0.25) is 0 Å². The van der Waals surface area contributed by atoms with Crippen LogP contribution in [0.5, 0.6) is 0 Å². The average Bonchev–Trinajstić information content (AvgIpc) is 2.80. The zero-order valence-corrected chi connectivity index (χ0v) is 8.43. The summed E-state index contributed by atoms with van der Waals surface area (Å²) in [7, 11) is 0. The van der Waals surface area contributed by atoms with Crippen LogP contribution in [0.1, 0.15) is 5.89 Å². The molecule has 2 rings (SSSR count). The fourth-order valence-electron chi connectivity index (χ4n) is 1.25. The standard InChI is InChI=1S/C11H7F2NO3/c12-11(13,10(15)16)9-14-8(6-17-9)7-4-2-1-3-5-7/h1-6H,(H,15,16). The number of alkyl halides is 2. The van der Waals surface area contributed by atoms with Crippen LogP contribution in [0.25, 0.3) is 11.3 Å². The average molecular weight is 239 g/mol. The summed E-state index contributed by atoms with van der Waals surface area (Å²) in [4.78, 5) is 13.8. The Morgan fingerprint density at radius 1 is 1.29 bits per heavy atom. The first kappa shape index (κ1) is 11.3. The number of rotatable bonds is 3. The highest BCUT2D eigenvalue weighted by Crippen LogP contribution is 2.29. The van der Waals surface area contributed by atoms with E-state index in [-0.39, 0.29) is 5.69 Å². The summed E-state index contributed by atoms with van der Waals surface area (Å²) in [6.07, 6.45) is 1.00. The van der Waals surface area contributed by atoms with Crippen molar-refractivity contribution < 1.29 is 23.1 Å². The third kappa shape index (κ3) is 2.01. The second kappa shape index (κ2) is 3.97. The molecule has 0 saturated heterocycles. The van der Waals surface area contributed by atoms with Crippen LogP contribution >= 0.6 is 0 Å². The molecule has 0 saturated carbocycles. The molecule has 0 aliphatic heterocycles. The molecule has 2 aromatic rings. The van der Waals surface area contributed by atoms with E-state index in [1.54, 1.807) is 30.3 Å². The highest BCUT2D eigenvalue weighted by molar-refractivity contribution is 5.76. The maximum Gasteiger partial charge on any atom is 0.416 e. The van der Waals surface area contributed by atoms with Crippen LogP contribution in [-0.4, -0.2) is 16.1 Å². The normalized spacial score (nSPS) is 11.4. The molecule has 6 heteroatoms. The Kier molecular flexibility index (Phi) is 2.63. The third-order valence-corrected chi connectivity index (χ3v) is 2.11. The van der Waals surface area contributed by atoms with Gasteiger partial charge in [-0.2, -0.15) is 8.78 Å². The Bertz CT molecular complexity index is 537. The SMILES string of the molecule is O=C(O)C(F)(F)c1nc(-c2ccccc2)co1. The van der Waals surface area contributed by atoms with E-state index in [4.69, 9.17) is 5.11 Å². The minimum Gasteiger partial charge on any atom is -0.476 e. The molecule has 1 aromatic heterocycles. The zero-order valence-electron chi connectivity index (χ0n) is 8.43. The zero-order chi connectivity index (χ0) is 12.5. The van der Waals surface area contributed by atoms with Crippen molar-refractivity contribution >= 4 is 5.97 Å². The topological polar surface area (TPSA) is 63.3 Å². The van der Waals surface area contributed by atoms with Crippen molar-refractivity contribution in [2.75, 3.05) is 0 Å². The van der Waals surface area contributed by atoms with Gasteiger partial charge in [0, 0.05) is 5.56 Å². The van der Waals surface area contributed by atoms with E-state index in [0.717, 1.165) is 6.26 Å². The van der Waals surface area contributed by atoms with Crippen molar-refractivity contribution in [1.82, 2.24) is 4.98 Å². The second-order valence-corrected chi connectivity index (χ2v) is 3.28. The summed E-state index contributed by atoms with van der Waals surface area (Å²) in [6, 6.07) is 8.48. The van der Waals surface area contributed by atoms with Crippen molar-refractivity contribution in [1.29, 1.82) is 0 Å². The lowest BCUT2D eigenvalue weighted by Gasteiger charge is -2.04. The fourth-order valence-corrected chi connectivity index (χ4v) is 1.25. The number of halogens is 2. The third-order valence-electron chi connectivity index (χ3n) is 2.11. The Hall–Kier alpha value is -2.24. The highest BCUT2D eigenvalue weighted by Gasteiger charge is 2.46. The van der Waals surface area contributed by atoms with Gasteiger partial charge >= 0.3 is 11.9 Å². The summed E-state index contributed by atoms with van der Waals surface area (Å²) in [5.41, 5.74) is 0.741. The number of benzene rings is 1. The predicted molar refractivity (Wildman–Crippen MR) is 53.5 cm³/mol. The van der Waals surface area contributed by atoms with Gasteiger partial charge in [-0.25, -0.2) is 9.78 Å². The summed E-state index contributed by atoms with van der Waals surface area (Å²) in [5.74, 6) is -7.53. The molecule has 0 spiro atoms. The van der Waals surface area contributed by atoms with Gasteiger partial charge in [0.2, 0.25) is 0 Å². The summed E-state index contributed by atoms with van der Waals surface area (Å²) >= 11 is 0. The van der Waals surface area contributed by atoms with E-state index in [1.165, 1.54) is 0 Å². The number of nitrogens with zero attached hydrogens (tertiary/aromatic N) is 1. The molecule has 0 bridgehead atoms. The van der Waals surface area contributed by atoms with Crippen LogP contribution in [0, 0.1) is 0 Å². The lowest BCUT2D eigenvalue weighted by Crippen LogP contribution is -2.25. The van der Waals surface area contributed by atoms with Gasteiger partial charge < -0.3 is 9.52 Å². The van der Waals surface area contributed by atoms with Gasteiger partial charge in [0.05, 0.1) is 0 Å². The minimum atomic E-state index is -4.12. The molecular weight excluding hydrogens is 232 g/mol. The predicted octanol–water partition coefficient (Wildman–Crippen LogP) is 2.52. The Balaban J connectivity index is 2.38. The van der Waals surface area contributed by atoms with Crippen LogP contribution in [0.2, 0.25) is 0 Å².